The average Bonchev–Trinajstić information content (AvgIpc) is 1.61. The summed E-state index contributed by atoms with van der Waals surface area (Å²) < 4.78 is 55.0. The van der Waals surface area contributed by atoms with Crippen LogP contribution in [-0.2, 0) is 0 Å². The van der Waals surface area contributed by atoms with Gasteiger partial charge in [-0.25, -0.2) is 9.97 Å². The van der Waals surface area contributed by atoms with Gasteiger partial charge in [0, 0.05) is 44.3 Å². The smallest absolute Gasteiger partial charge is 0.161 e. The highest BCUT2D eigenvalue weighted by Gasteiger charge is 2.24. The molecule has 12 heteroatoms. The van der Waals surface area contributed by atoms with Crippen LogP contribution >= 0.6 is 0 Å². The van der Waals surface area contributed by atoms with Crippen molar-refractivity contribution in [3.8, 4) is 90.5 Å². The topological polar surface area (TPSA) is 131 Å². The molecule has 0 radical (unpaired) electrons. The summed E-state index contributed by atoms with van der Waals surface area (Å²) in [7, 11) is 0. The number of aromatic amines is 2. The summed E-state index contributed by atoms with van der Waals surface area (Å²) in [6.45, 7) is 23.1. The van der Waals surface area contributed by atoms with Crippen LogP contribution in [-0.4, -0.2) is 72.8 Å². The minimum atomic E-state index is 0.598. The molecule has 0 atom stereocenters. The van der Waals surface area contributed by atoms with Crippen molar-refractivity contribution >= 4 is 46.4 Å². The molecule has 8 bridgehead atoms. The van der Waals surface area contributed by atoms with Gasteiger partial charge in [-0.2, -0.15) is 0 Å². The largest absolute Gasteiger partial charge is 0.490 e. The number of hydrogen-bond donors (Lipinski definition) is 2. The molecule has 2 aliphatic rings. The average molecular weight is 1640 g/mol. The Morgan fingerprint density at radius 1 is 0.183 bits per heavy atom. The van der Waals surface area contributed by atoms with Crippen LogP contribution in [0.5, 0.6) is 46.0 Å². The van der Waals surface area contributed by atoms with Gasteiger partial charge >= 0.3 is 0 Å². The number of nitrogens with zero attached hydrogens (tertiary/aromatic N) is 2. The van der Waals surface area contributed by atoms with Gasteiger partial charge in [0.25, 0.3) is 0 Å². The van der Waals surface area contributed by atoms with E-state index in [1.807, 2.05) is 0 Å². The lowest BCUT2D eigenvalue weighted by atomic mass is 10.0. The lowest BCUT2D eigenvalue weighted by molar-refractivity contribution is 0.258. The lowest BCUT2D eigenvalue weighted by Gasteiger charge is -2.16. The lowest BCUT2D eigenvalue weighted by Crippen LogP contribution is -2.03. The second-order valence-corrected chi connectivity index (χ2v) is 34.1. The maximum absolute atomic E-state index is 6.96. The predicted octanol–water partition coefficient (Wildman–Crippen LogP) is 33.2. The summed E-state index contributed by atoms with van der Waals surface area (Å²) >= 11 is 0. The number of ether oxygens (including phenoxy) is 8. The van der Waals surface area contributed by atoms with Crippen LogP contribution in [0.1, 0.15) is 386 Å². The van der Waals surface area contributed by atoms with E-state index in [1.54, 1.807) is 0 Å². The van der Waals surface area contributed by atoms with Gasteiger partial charge < -0.3 is 47.9 Å². The van der Waals surface area contributed by atoms with Crippen molar-refractivity contribution in [2.75, 3.05) is 52.9 Å². The van der Waals surface area contributed by atoms with Crippen LogP contribution in [0, 0.1) is 0 Å². The molecule has 9 rings (SSSR count). The number of rotatable bonds is 68. The van der Waals surface area contributed by atoms with Crippen molar-refractivity contribution < 1.29 is 37.9 Å². The van der Waals surface area contributed by atoms with Crippen LogP contribution in [0.4, 0.5) is 0 Å². The molecule has 4 aromatic carbocycles. The van der Waals surface area contributed by atoms with Gasteiger partial charge in [-0.3, -0.25) is 0 Å². The Morgan fingerprint density at radius 3 is 0.517 bits per heavy atom. The van der Waals surface area contributed by atoms with E-state index in [0.29, 0.717) is 52.9 Å². The van der Waals surface area contributed by atoms with E-state index in [0.717, 1.165) is 238 Å². The highest BCUT2D eigenvalue weighted by atomic mass is 16.5. The molecular formula is C108H158N4O8. The molecule has 0 aliphatic carbocycles. The van der Waals surface area contributed by atoms with E-state index >= 15 is 0 Å². The highest BCUT2D eigenvalue weighted by molar-refractivity contribution is 6.00. The molecule has 3 aromatic heterocycles. The van der Waals surface area contributed by atoms with Crippen molar-refractivity contribution in [2.24, 2.45) is 0 Å². The zero-order chi connectivity index (χ0) is 84.1. The summed E-state index contributed by atoms with van der Waals surface area (Å²) in [6, 6.07) is 35.1. The molecule has 7 aromatic rings. The van der Waals surface area contributed by atoms with Crippen LogP contribution < -0.4 is 37.9 Å². The Labute approximate surface area is 726 Å². The van der Waals surface area contributed by atoms with Crippen molar-refractivity contribution in [1.29, 1.82) is 0 Å². The summed E-state index contributed by atoms with van der Waals surface area (Å²) in [5.74, 6) is 6.06. The van der Waals surface area contributed by atoms with Crippen LogP contribution in [0.25, 0.3) is 90.9 Å². The molecule has 0 fully saturated rings. The first-order valence-electron chi connectivity index (χ1n) is 49.1. The zero-order valence-electron chi connectivity index (χ0n) is 76.3. The highest BCUT2D eigenvalue weighted by Crippen LogP contribution is 2.45. The summed E-state index contributed by atoms with van der Waals surface area (Å²) in [6.07, 6.45) is 65.3. The van der Waals surface area contributed by atoms with E-state index in [9.17, 15) is 0 Å². The van der Waals surface area contributed by atoms with Gasteiger partial charge in [0.05, 0.1) is 75.6 Å². The van der Waals surface area contributed by atoms with E-state index in [2.05, 4.69) is 187 Å². The van der Waals surface area contributed by atoms with Crippen molar-refractivity contribution in [3.63, 3.8) is 0 Å². The number of aromatic nitrogens is 4. The minimum absolute atomic E-state index is 0.598. The van der Waals surface area contributed by atoms with Gasteiger partial charge in [0.15, 0.2) is 46.0 Å². The Balaban J connectivity index is 1.31. The molecule has 658 valence electrons. The number of fused-ring (bicyclic) bond motifs is 8. The molecule has 0 saturated carbocycles. The zero-order valence-corrected chi connectivity index (χ0v) is 76.3. The van der Waals surface area contributed by atoms with Crippen LogP contribution in [0.2, 0.25) is 0 Å². The molecular weight excluding hydrogens is 1480 g/mol. The minimum Gasteiger partial charge on any atom is -0.490 e. The fourth-order valence-corrected chi connectivity index (χ4v) is 16.5. The fraction of sp³-hybridized carbons (Fsp3) is 0.593. The first-order chi connectivity index (χ1) is 59.3. The van der Waals surface area contributed by atoms with E-state index in [4.69, 9.17) is 47.9 Å². The number of nitrogens with one attached hydrogen (secondary N) is 2. The molecule has 0 spiro atoms. The quantitative estimate of drug-likeness (QED) is 0.0355. The van der Waals surface area contributed by atoms with Crippen molar-refractivity contribution in [2.45, 2.75) is 364 Å². The monoisotopic (exact) mass is 1640 g/mol. The SMILES string of the molecule is CCCCCCCCOc1ccc(-c2c3nc(c(-c4ccc(OCCCCCCCC)c(OCCCCCCCC)c4)c4ccc([nH]4)c(-c4ccc(OCCCCCCCC)c(OCCCCCCCC)c4)c4nc(c(-c5ccc(OCCCCCCCC)c(OCCCCCCCC)c5)c5ccc2[nH]5)C=C4)C=C3)cc1OCCCCCCCC. The number of unbranched alkanes of at least 4 members (excludes halogenated alkanes) is 40. The van der Waals surface area contributed by atoms with Crippen molar-refractivity contribution in [3.05, 3.63) is 120 Å². The third-order valence-corrected chi connectivity index (χ3v) is 23.7. The fourth-order valence-electron chi connectivity index (χ4n) is 16.5. The standard InChI is InChI=1S/C108H158N4O8/c1-9-17-25-33-41-49-73-113-97-69-57-85(81-101(97)117-77-53-45-37-29-21-13-5)105-89-61-63-91(109-89)106(86-58-70-98(114-74-50-42-34-26-18-10-2)102(82-86)118-78-54-46-38-30-22-14-6)93-65-67-95(111-93)108(88-60-72-100(116-76-52-44-36-28-20-12-4)104(84-88)120-80-56-48-40-32-24-16-8)96-68-66-94(112-96)107(92-64-62-90(105)110-92)87-59-71-99(115-75-51-43-35-27-19-11-3)103(83-87)119-79-55-47-39-31-23-15-7/h57-72,81-84,109,112H,9-56,73-80H2,1-8H3. The van der Waals surface area contributed by atoms with Gasteiger partial charge in [-0.15, -0.1) is 0 Å². The summed E-state index contributed by atoms with van der Waals surface area (Å²) in [5.41, 5.74) is 14.4. The normalized spacial score (nSPS) is 11.8. The maximum atomic E-state index is 6.96. The summed E-state index contributed by atoms with van der Waals surface area (Å²) in [5, 5.41) is 0. The predicted molar refractivity (Wildman–Crippen MR) is 512 cm³/mol. The molecule has 120 heavy (non-hydrogen) atoms. The molecule has 0 amide bonds. The molecule has 5 heterocycles. The van der Waals surface area contributed by atoms with Crippen molar-refractivity contribution in [1.82, 2.24) is 19.9 Å². The molecule has 2 aliphatic heterocycles. The first kappa shape index (κ1) is 95.7. The Bertz CT molecular complexity index is 3720. The van der Waals surface area contributed by atoms with Crippen LogP contribution in [0.15, 0.2) is 97.1 Å². The Kier molecular flexibility index (Phi) is 46.3. The van der Waals surface area contributed by atoms with Crippen LogP contribution in [0.3, 0.4) is 0 Å². The van der Waals surface area contributed by atoms with E-state index in [1.165, 1.54) is 205 Å². The second-order valence-electron chi connectivity index (χ2n) is 34.1. The second kappa shape index (κ2) is 58.0. The third kappa shape index (κ3) is 32.6. The van der Waals surface area contributed by atoms with Gasteiger partial charge in [0.1, 0.15) is 0 Å². The summed E-state index contributed by atoms with van der Waals surface area (Å²) in [4.78, 5) is 20.0. The van der Waals surface area contributed by atoms with Gasteiger partial charge in [-0.05, 0) is 171 Å². The number of benzene rings is 4. The van der Waals surface area contributed by atoms with Gasteiger partial charge in [0.2, 0.25) is 0 Å². The maximum Gasteiger partial charge on any atom is 0.161 e. The van der Waals surface area contributed by atoms with E-state index < -0.39 is 0 Å². The van der Waals surface area contributed by atoms with E-state index in [-0.39, 0.29) is 0 Å². The number of H-pyrrole nitrogens is 2. The third-order valence-electron chi connectivity index (χ3n) is 23.7. The molecule has 2 N–H and O–H groups in total. The first-order valence-corrected chi connectivity index (χ1v) is 49.1. The Morgan fingerprint density at radius 2 is 0.342 bits per heavy atom. The molecule has 12 nitrogen and oxygen atoms in total. The van der Waals surface area contributed by atoms with Gasteiger partial charge in [-0.1, -0.05) is 336 Å². The molecule has 0 unspecified atom stereocenters. The number of hydrogen-bond acceptors (Lipinski definition) is 10. The molecule has 0 saturated heterocycles. The Hall–Kier alpha value is -8.12.